The Morgan fingerprint density at radius 2 is 2.17 bits per heavy atom. The molecule has 1 aromatic heterocycles. The first-order chi connectivity index (χ1) is 8.50. The summed E-state index contributed by atoms with van der Waals surface area (Å²) in [5.74, 6) is -2.38. The lowest BCUT2D eigenvalue weighted by Crippen LogP contribution is -2.39. The first-order valence-electron chi connectivity index (χ1n) is 5.33. The first kappa shape index (κ1) is 12.3. The van der Waals surface area contributed by atoms with Gasteiger partial charge in [-0.15, -0.1) is 0 Å². The Morgan fingerprint density at radius 1 is 1.44 bits per heavy atom. The lowest BCUT2D eigenvalue weighted by atomic mass is 9.97. The highest BCUT2D eigenvalue weighted by Gasteiger charge is 2.41. The molecule has 96 valence electrons. The highest BCUT2D eigenvalue weighted by atomic mass is 19.1. The standard InChI is InChI=1S/C11H11FN2O4/c12-9-7(2-1-3-13-9)6-4-8(10(15)16)14(5-6)11(17)18/h1-3,6,8H,4-5H2,(H,15,16)(H,17,18)/t6?,8-/m1/s1. The number of rotatable bonds is 2. The average molecular weight is 254 g/mol. The number of likely N-dealkylation sites (tertiary alicyclic amines) is 1. The van der Waals surface area contributed by atoms with Crippen LogP contribution in [-0.2, 0) is 4.79 Å². The van der Waals surface area contributed by atoms with E-state index >= 15 is 0 Å². The normalized spacial score (nSPS) is 23.1. The molecule has 0 bridgehead atoms. The summed E-state index contributed by atoms with van der Waals surface area (Å²) in [5.41, 5.74) is 0.257. The van der Waals surface area contributed by atoms with Crippen LogP contribution in [0.15, 0.2) is 18.3 Å². The van der Waals surface area contributed by atoms with Crippen LogP contribution >= 0.6 is 0 Å². The van der Waals surface area contributed by atoms with Gasteiger partial charge in [0, 0.05) is 24.2 Å². The van der Waals surface area contributed by atoms with Crippen LogP contribution in [0.2, 0.25) is 0 Å². The van der Waals surface area contributed by atoms with Gasteiger partial charge in [-0.2, -0.15) is 4.39 Å². The molecule has 1 aliphatic rings. The van der Waals surface area contributed by atoms with Crippen LogP contribution in [0.5, 0.6) is 0 Å². The van der Waals surface area contributed by atoms with Gasteiger partial charge in [-0.3, -0.25) is 4.90 Å². The Morgan fingerprint density at radius 3 is 2.67 bits per heavy atom. The number of hydrogen-bond acceptors (Lipinski definition) is 3. The summed E-state index contributed by atoms with van der Waals surface area (Å²) in [4.78, 5) is 26.2. The lowest BCUT2D eigenvalue weighted by molar-refractivity contribution is -0.141. The predicted molar refractivity (Wildman–Crippen MR) is 57.7 cm³/mol. The van der Waals surface area contributed by atoms with E-state index in [4.69, 9.17) is 10.2 Å². The summed E-state index contributed by atoms with van der Waals surface area (Å²) in [6.45, 7) is -0.0328. The SMILES string of the molecule is O=C(O)[C@H]1CC(c2cccnc2F)CN1C(=O)O. The van der Waals surface area contributed by atoms with E-state index in [-0.39, 0.29) is 18.5 Å². The van der Waals surface area contributed by atoms with Gasteiger partial charge in [0.05, 0.1) is 0 Å². The molecule has 0 aliphatic carbocycles. The van der Waals surface area contributed by atoms with Crippen molar-refractivity contribution in [2.75, 3.05) is 6.54 Å². The van der Waals surface area contributed by atoms with Gasteiger partial charge < -0.3 is 10.2 Å². The zero-order valence-corrected chi connectivity index (χ0v) is 9.28. The first-order valence-corrected chi connectivity index (χ1v) is 5.33. The van der Waals surface area contributed by atoms with Gasteiger partial charge in [-0.25, -0.2) is 14.6 Å². The molecule has 2 rings (SSSR count). The van der Waals surface area contributed by atoms with E-state index in [0.717, 1.165) is 4.90 Å². The minimum atomic E-state index is -1.31. The molecule has 1 amide bonds. The van der Waals surface area contributed by atoms with Crippen LogP contribution in [-0.4, -0.2) is 44.7 Å². The minimum absolute atomic E-state index is 0.0328. The fourth-order valence-corrected chi connectivity index (χ4v) is 2.21. The molecule has 7 heteroatoms. The van der Waals surface area contributed by atoms with Crippen LogP contribution in [0.1, 0.15) is 17.9 Å². The molecule has 1 aromatic rings. The molecule has 0 saturated carbocycles. The Kier molecular flexibility index (Phi) is 3.14. The van der Waals surface area contributed by atoms with Gasteiger partial charge in [0.2, 0.25) is 5.95 Å². The van der Waals surface area contributed by atoms with E-state index < -0.39 is 30.0 Å². The van der Waals surface area contributed by atoms with E-state index in [1.54, 1.807) is 0 Å². The van der Waals surface area contributed by atoms with E-state index in [1.165, 1.54) is 18.3 Å². The van der Waals surface area contributed by atoms with Crippen molar-refractivity contribution in [3.63, 3.8) is 0 Å². The molecule has 1 saturated heterocycles. The van der Waals surface area contributed by atoms with Gasteiger partial charge in [-0.1, -0.05) is 6.07 Å². The van der Waals surface area contributed by atoms with Crippen molar-refractivity contribution >= 4 is 12.1 Å². The number of aromatic nitrogens is 1. The van der Waals surface area contributed by atoms with E-state index in [1.807, 2.05) is 0 Å². The summed E-state index contributed by atoms with van der Waals surface area (Å²) in [7, 11) is 0. The molecule has 1 aliphatic heterocycles. The number of nitrogens with zero attached hydrogens (tertiary/aromatic N) is 2. The minimum Gasteiger partial charge on any atom is -0.480 e. The van der Waals surface area contributed by atoms with E-state index in [0.29, 0.717) is 0 Å². The molecule has 2 atom stereocenters. The van der Waals surface area contributed by atoms with E-state index in [2.05, 4.69) is 4.98 Å². The molecular weight excluding hydrogens is 243 g/mol. The van der Waals surface area contributed by atoms with E-state index in [9.17, 15) is 14.0 Å². The molecule has 0 aromatic carbocycles. The molecule has 18 heavy (non-hydrogen) atoms. The lowest BCUT2D eigenvalue weighted by Gasteiger charge is -2.16. The van der Waals surface area contributed by atoms with Crippen molar-refractivity contribution in [3.8, 4) is 0 Å². The van der Waals surface area contributed by atoms with Crippen LogP contribution < -0.4 is 0 Å². The molecule has 6 nitrogen and oxygen atoms in total. The van der Waals surface area contributed by atoms with Gasteiger partial charge in [0.1, 0.15) is 6.04 Å². The highest BCUT2D eigenvalue weighted by molar-refractivity contribution is 5.80. The highest BCUT2D eigenvalue weighted by Crippen LogP contribution is 2.32. The second-order valence-electron chi connectivity index (χ2n) is 4.11. The summed E-state index contributed by atoms with van der Waals surface area (Å²) in [6, 6.07) is 1.90. The number of pyridine rings is 1. The third-order valence-corrected chi connectivity index (χ3v) is 3.06. The summed E-state index contributed by atoms with van der Waals surface area (Å²) in [5, 5.41) is 17.9. The smallest absolute Gasteiger partial charge is 0.408 e. The van der Waals surface area contributed by atoms with Crippen molar-refractivity contribution in [1.82, 2.24) is 9.88 Å². The quantitative estimate of drug-likeness (QED) is 0.772. The number of hydrogen-bond donors (Lipinski definition) is 2. The van der Waals surface area contributed by atoms with Crippen LogP contribution in [0, 0.1) is 5.95 Å². The van der Waals surface area contributed by atoms with Crippen LogP contribution in [0.4, 0.5) is 9.18 Å². The fraction of sp³-hybridized carbons (Fsp3) is 0.364. The third kappa shape index (κ3) is 2.11. The van der Waals surface area contributed by atoms with Crippen molar-refractivity contribution in [1.29, 1.82) is 0 Å². The average Bonchev–Trinajstić information content (AvgIpc) is 2.74. The maximum absolute atomic E-state index is 13.5. The Labute approximate surface area is 102 Å². The molecule has 2 N–H and O–H groups in total. The van der Waals surface area contributed by atoms with Gasteiger partial charge in [-0.05, 0) is 12.5 Å². The van der Waals surface area contributed by atoms with Gasteiger partial charge >= 0.3 is 12.1 Å². The van der Waals surface area contributed by atoms with Crippen LogP contribution in [0.25, 0.3) is 0 Å². The largest absolute Gasteiger partial charge is 0.480 e. The number of carboxylic acid groups (broad SMARTS) is 2. The second kappa shape index (κ2) is 4.59. The van der Waals surface area contributed by atoms with Crippen molar-refractivity contribution in [3.05, 3.63) is 29.8 Å². The topological polar surface area (TPSA) is 90.7 Å². The predicted octanol–water partition coefficient (Wildman–Crippen LogP) is 1.14. The maximum Gasteiger partial charge on any atom is 0.408 e. The molecular formula is C11H11FN2O4. The molecule has 0 radical (unpaired) electrons. The van der Waals surface area contributed by atoms with Crippen molar-refractivity contribution in [2.45, 2.75) is 18.4 Å². The van der Waals surface area contributed by atoms with Gasteiger partial charge in [0.15, 0.2) is 0 Å². The van der Waals surface area contributed by atoms with Crippen molar-refractivity contribution < 1.29 is 24.2 Å². The molecule has 2 heterocycles. The summed E-state index contributed by atoms with van der Waals surface area (Å²) >= 11 is 0. The number of carboxylic acids is 1. The second-order valence-corrected chi connectivity index (χ2v) is 4.11. The van der Waals surface area contributed by atoms with Crippen molar-refractivity contribution in [2.24, 2.45) is 0 Å². The zero-order chi connectivity index (χ0) is 13.3. The van der Waals surface area contributed by atoms with Gasteiger partial charge in [0.25, 0.3) is 0 Å². The number of amides is 1. The number of halogens is 1. The zero-order valence-electron chi connectivity index (χ0n) is 9.28. The number of carbonyl (C=O) groups is 2. The Bertz CT molecular complexity index is 472. The molecule has 1 fully saturated rings. The molecule has 1 unspecified atom stereocenters. The third-order valence-electron chi connectivity index (χ3n) is 3.06. The summed E-state index contributed by atoms with van der Waals surface area (Å²) in [6.07, 6.45) is 0.0380. The summed E-state index contributed by atoms with van der Waals surface area (Å²) < 4.78 is 13.5. The Balaban J connectivity index is 2.26. The Hall–Kier alpha value is -2.18. The fourth-order valence-electron chi connectivity index (χ4n) is 2.21. The molecule has 0 spiro atoms. The maximum atomic E-state index is 13.5. The van der Waals surface area contributed by atoms with Crippen LogP contribution in [0.3, 0.4) is 0 Å². The number of aliphatic carboxylic acids is 1. The monoisotopic (exact) mass is 254 g/mol.